The number of fused-ring (bicyclic) bond motifs is 1. The van der Waals surface area contributed by atoms with Gasteiger partial charge in [-0.25, -0.2) is 4.79 Å². The van der Waals surface area contributed by atoms with Crippen LogP contribution < -0.4 is 0 Å². The lowest BCUT2D eigenvalue weighted by molar-refractivity contribution is 0.0597. The van der Waals surface area contributed by atoms with Crippen LogP contribution in [0, 0.1) is 0 Å². The van der Waals surface area contributed by atoms with Crippen LogP contribution in [0.1, 0.15) is 10.5 Å². The van der Waals surface area contributed by atoms with Crippen LogP contribution in [-0.4, -0.2) is 18.1 Å². The highest BCUT2D eigenvalue weighted by atomic mass is 35.5. The Morgan fingerprint density at radius 3 is 2.55 bits per heavy atom. The zero-order valence-corrected chi connectivity index (χ0v) is 11.6. The number of hydrogen-bond acceptors (Lipinski definition) is 2. The van der Waals surface area contributed by atoms with Crippen molar-refractivity contribution in [2.24, 2.45) is 0 Å². The van der Waals surface area contributed by atoms with Gasteiger partial charge in [0, 0.05) is 15.8 Å². The Morgan fingerprint density at radius 1 is 1.10 bits per heavy atom. The number of esters is 1. The van der Waals surface area contributed by atoms with Crippen molar-refractivity contribution < 1.29 is 9.53 Å². The SMILES string of the molecule is COC(=O)c1[nH]c(-c2ccccc2)c2cc(Cl)ccc12. The molecule has 1 N–H and O–H groups in total. The van der Waals surface area contributed by atoms with Crippen LogP contribution in [0.15, 0.2) is 48.5 Å². The molecule has 1 heterocycles. The largest absolute Gasteiger partial charge is 0.464 e. The van der Waals surface area contributed by atoms with Gasteiger partial charge >= 0.3 is 5.97 Å². The minimum atomic E-state index is -0.389. The first kappa shape index (κ1) is 12.8. The fraction of sp³-hybridized carbons (Fsp3) is 0.0625. The third-order valence-electron chi connectivity index (χ3n) is 3.22. The first-order valence-electron chi connectivity index (χ1n) is 6.15. The summed E-state index contributed by atoms with van der Waals surface area (Å²) in [5, 5.41) is 2.34. The lowest BCUT2D eigenvalue weighted by Crippen LogP contribution is -2.01. The fourth-order valence-corrected chi connectivity index (χ4v) is 2.47. The molecule has 0 fully saturated rings. The molecule has 0 bridgehead atoms. The van der Waals surface area contributed by atoms with Crippen molar-refractivity contribution in [2.45, 2.75) is 0 Å². The second-order valence-corrected chi connectivity index (χ2v) is 4.86. The van der Waals surface area contributed by atoms with Crippen molar-refractivity contribution in [1.29, 1.82) is 0 Å². The number of halogens is 1. The standard InChI is InChI=1S/C16H12ClNO2/c1-20-16(19)15-12-8-7-11(17)9-13(12)14(18-15)10-5-3-2-4-6-10/h2-9,18H,1H3. The number of methoxy groups -OCH3 is 1. The predicted molar refractivity (Wildman–Crippen MR) is 80.1 cm³/mol. The molecule has 3 nitrogen and oxygen atoms in total. The molecule has 100 valence electrons. The minimum Gasteiger partial charge on any atom is -0.464 e. The van der Waals surface area contributed by atoms with E-state index in [1.807, 2.05) is 42.5 Å². The van der Waals surface area contributed by atoms with E-state index >= 15 is 0 Å². The van der Waals surface area contributed by atoms with Crippen LogP contribution in [0.2, 0.25) is 5.02 Å². The molecule has 20 heavy (non-hydrogen) atoms. The van der Waals surface area contributed by atoms with Crippen LogP contribution >= 0.6 is 11.6 Å². The molecular formula is C16H12ClNO2. The van der Waals surface area contributed by atoms with E-state index < -0.39 is 0 Å². The zero-order valence-electron chi connectivity index (χ0n) is 10.8. The molecule has 0 saturated heterocycles. The third-order valence-corrected chi connectivity index (χ3v) is 3.46. The Balaban J connectivity index is 2.32. The van der Waals surface area contributed by atoms with E-state index in [1.165, 1.54) is 7.11 Å². The summed E-state index contributed by atoms with van der Waals surface area (Å²) < 4.78 is 4.82. The Morgan fingerprint density at radius 2 is 1.85 bits per heavy atom. The molecule has 0 radical (unpaired) electrons. The van der Waals surface area contributed by atoms with E-state index in [1.54, 1.807) is 6.07 Å². The summed E-state index contributed by atoms with van der Waals surface area (Å²) in [7, 11) is 1.37. The molecule has 3 aromatic rings. The number of rotatable bonds is 2. The van der Waals surface area contributed by atoms with Gasteiger partial charge in [-0.3, -0.25) is 0 Å². The van der Waals surface area contributed by atoms with Gasteiger partial charge in [-0.1, -0.05) is 48.0 Å². The van der Waals surface area contributed by atoms with Crippen molar-refractivity contribution in [3.05, 3.63) is 59.2 Å². The zero-order chi connectivity index (χ0) is 14.1. The lowest BCUT2D eigenvalue weighted by atomic mass is 10.1. The average molecular weight is 286 g/mol. The summed E-state index contributed by atoms with van der Waals surface area (Å²) in [6.07, 6.45) is 0. The van der Waals surface area contributed by atoms with Gasteiger partial charge in [0.1, 0.15) is 5.69 Å². The van der Waals surface area contributed by atoms with E-state index in [4.69, 9.17) is 16.3 Å². The highest BCUT2D eigenvalue weighted by Crippen LogP contribution is 2.32. The topological polar surface area (TPSA) is 42.1 Å². The van der Waals surface area contributed by atoms with Crippen LogP contribution in [0.5, 0.6) is 0 Å². The summed E-state index contributed by atoms with van der Waals surface area (Å²) in [6, 6.07) is 15.2. The second kappa shape index (κ2) is 5.02. The molecule has 3 rings (SSSR count). The summed E-state index contributed by atoms with van der Waals surface area (Å²) in [5.41, 5.74) is 2.30. The first-order chi connectivity index (χ1) is 9.70. The fourth-order valence-electron chi connectivity index (χ4n) is 2.30. The predicted octanol–water partition coefficient (Wildman–Crippen LogP) is 4.27. The average Bonchev–Trinajstić information content (AvgIpc) is 2.86. The summed E-state index contributed by atoms with van der Waals surface area (Å²) in [6.45, 7) is 0. The molecule has 0 aliphatic rings. The molecule has 1 aromatic heterocycles. The van der Waals surface area contributed by atoms with Crippen molar-refractivity contribution in [3.8, 4) is 11.3 Å². The summed E-state index contributed by atoms with van der Waals surface area (Å²) in [5.74, 6) is -0.389. The van der Waals surface area contributed by atoms with Crippen LogP contribution in [0.3, 0.4) is 0 Å². The van der Waals surface area contributed by atoms with Gasteiger partial charge in [0.25, 0.3) is 0 Å². The van der Waals surface area contributed by atoms with Crippen molar-refractivity contribution in [1.82, 2.24) is 4.98 Å². The number of carbonyl (C=O) groups is 1. The van der Waals surface area contributed by atoms with Crippen molar-refractivity contribution in [3.63, 3.8) is 0 Å². The number of hydrogen-bond donors (Lipinski definition) is 1. The smallest absolute Gasteiger partial charge is 0.355 e. The summed E-state index contributed by atoms with van der Waals surface area (Å²) >= 11 is 6.07. The highest BCUT2D eigenvalue weighted by molar-refractivity contribution is 6.31. The molecular weight excluding hydrogens is 274 g/mol. The van der Waals surface area contributed by atoms with Crippen LogP contribution in [0.4, 0.5) is 0 Å². The van der Waals surface area contributed by atoms with Gasteiger partial charge in [-0.2, -0.15) is 0 Å². The Kier molecular flexibility index (Phi) is 3.20. The quantitative estimate of drug-likeness (QED) is 0.714. The van der Waals surface area contributed by atoms with E-state index in [-0.39, 0.29) is 5.97 Å². The number of aromatic nitrogens is 1. The molecule has 2 aromatic carbocycles. The molecule has 0 amide bonds. The van der Waals surface area contributed by atoms with Crippen molar-refractivity contribution >= 4 is 28.3 Å². The maximum absolute atomic E-state index is 11.9. The van der Waals surface area contributed by atoms with E-state index in [9.17, 15) is 4.79 Å². The Bertz CT molecular complexity index is 778. The molecule has 4 heteroatoms. The maximum Gasteiger partial charge on any atom is 0.355 e. The number of aromatic amines is 1. The number of carbonyl (C=O) groups excluding carboxylic acids is 1. The second-order valence-electron chi connectivity index (χ2n) is 4.42. The van der Waals surface area contributed by atoms with E-state index in [2.05, 4.69) is 4.98 Å². The molecule has 0 aliphatic carbocycles. The number of ether oxygens (including phenoxy) is 1. The maximum atomic E-state index is 11.9. The Hall–Kier alpha value is -2.26. The van der Waals surface area contributed by atoms with Crippen LogP contribution in [-0.2, 0) is 4.74 Å². The van der Waals surface area contributed by atoms with Gasteiger partial charge in [0.05, 0.1) is 12.8 Å². The Labute approximate surface area is 121 Å². The van der Waals surface area contributed by atoms with Crippen LogP contribution in [0.25, 0.3) is 22.0 Å². The first-order valence-corrected chi connectivity index (χ1v) is 6.53. The number of H-pyrrole nitrogens is 1. The minimum absolute atomic E-state index is 0.389. The number of nitrogens with one attached hydrogen (secondary N) is 1. The molecule has 0 spiro atoms. The molecule has 0 aliphatic heterocycles. The summed E-state index contributed by atoms with van der Waals surface area (Å²) in [4.78, 5) is 15.0. The normalized spacial score (nSPS) is 10.7. The van der Waals surface area contributed by atoms with Gasteiger partial charge in [-0.15, -0.1) is 0 Å². The molecule has 0 atom stereocenters. The highest BCUT2D eigenvalue weighted by Gasteiger charge is 2.17. The number of benzene rings is 2. The third kappa shape index (κ3) is 2.06. The van der Waals surface area contributed by atoms with E-state index in [0.717, 1.165) is 22.0 Å². The van der Waals surface area contributed by atoms with Gasteiger partial charge in [0.15, 0.2) is 0 Å². The van der Waals surface area contributed by atoms with Gasteiger partial charge in [0.2, 0.25) is 0 Å². The lowest BCUT2D eigenvalue weighted by Gasteiger charge is -1.99. The monoisotopic (exact) mass is 285 g/mol. The van der Waals surface area contributed by atoms with Crippen molar-refractivity contribution in [2.75, 3.05) is 7.11 Å². The van der Waals surface area contributed by atoms with Gasteiger partial charge in [-0.05, 0) is 17.7 Å². The molecule has 0 unspecified atom stereocenters. The van der Waals surface area contributed by atoms with Gasteiger partial charge < -0.3 is 9.72 Å². The molecule has 0 saturated carbocycles. The van der Waals surface area contributed by atoms with E-state index in [0.29, 0.717) is 10.7 Å².